The van der Waals surface area contributed by atoms with Gasteiger partial charge in [0.25, 0.3) is 5.24 Å². The summed E-state index contributed by atoms with van der Waals surface area (Å²) in [5.41, 5.74) is 0. The van der Waals surface area contributed by atoms with Crippen LogP contribution in [0.2, 0.25) is 4.34 Å². The Kier molecular flexibility index (Phi) is 2.81. The molecule has 60 valence electrons. The predicted molar refractivity (Wildman–Crippen MR) is 52.1 cm³/mol. The number of rotatable bonds is 1. The summed E-state index contributed by atoms with van der Waals surface area (Å²) in [6.45, 7) is 0. The van der Waals surface area contributed by atoms with Crippen LogP contribution in [0.1, 0.15) is 0 Å². The monoisotopic (exact) mass is 207 g/mol. The zero-order chi connectivity index (χ0) is 8.43. The molecular formula is C6H6ClNOS2. The van der Waals surface area contributed by atoms with E-state index in [9.17, 15) is 4.79 Å². The lowest BCUT2D eigenvalue weighted by Gasteiger charge is -2.09. The van der Waals surface area contributed by atoms with Crippen molar-refractivity contribution in [3.05, 3.63) is 16.5 Å². The SMILES string of the molecule is CN(C(=O)S)c1ccc(Cl)s1. The minimum absolute atomic E-state index is 0.288. The minimum Gasteiger partial charge on any atom is -0.298 e. The Morgan fingerprint density at radius 1 is 1.73 bits per heavy atom. The largest absolute Gasteiger partial charge is 0.298 e. The third-order valence-corrected chi connectivity index (χ3v) is 2.78. The first-order chi connectivity index (χ1) is 5.11. The molecule has 1 heterocycles. The number of carbonyl (C=O) groups is 1. The van der Waals surface area contributed by atoms with E-state index >= 15 is 0 Å². The smallest absolute Gasteiger partial charge is 0.283 e. The zero-order valence-electron chi connectivity index (χ0n) is 5.74. The van der Waals surface area contributed by atoms with Crippen LogP contribution in [-0.4, -0.2) is 12.3 Å². The summed E-state index contributed by atoms with van der Waals surface area (Å²) in [5.74, 6) is 0. The molecule has 1 amide bonds. The van der Waals surface area contributed by atoms with Crippen molar-refractivity contribution in [3.63, 3.8) is 0 Å². The molecule has 0 saturated heterocycles. The fourth-order valence-electron chi connectivity index (χ4n) is 0.579. The van der Waals surface area contributed by atoms with Gasteiger partial charge in [-0.25, -0.2) is 0 Å². The minimum atomic E-state index is -0.288. The summed E-state index contributed by atoms with van der Waals surface area (Å²) in [7, 11) is 1.65. The van der Waals surface area contributed by atoms with Crippen molar-refractivity contribution in [2.45, 2.75) is 0 Å². The number of carbonyl (C=O) groups excluding carboxylic acids is 1. The first-order valence-electron chi connectivity index (χ1n) is 2.83. The maximum absolute atomic E-state index is 10.7. The van der Waals surface area contributed by atoms with Crippen LogP contribution in [0.15, 0.2) is 12.1 Å². The number of hydrogen-bond acceptors (Lipinski definition) is 2. The van der Waals surface area contributed by atoms with Gasteiger partial charge in [0.2, 0.25) is 0 Å². The highest BCUT2D eigenvalue weighted by atomic mass is 35.5. The molecule has 0 fully saturated rings. The van der Waals surface area contributed by atoms with Crippen molar-refractivity contribution in [2.75, 3.05) is 11.9 Å². The Morgan fingerprint density at radius 2 is 2.36 bits per heavy atom. The lowest BCUT2D eigenvalue weighted by molar-refractivity contribution is 0.266. The fraction of sp³-hybridized carbons (Fsp3) is 0.167. The molecule has 1 aromatic rings. The summed E-state index contributed by atoms with van der Waals surface area (Å²) in [6.07, 6.45) is 0. The molecule has 0 saturated carbocycles. The quantitative estimate of drug-likeness (QED) is 0.703. The van der Waals surface area contributed by atoms with Crippen LogP contribution >= 0.6 is 35.6 Å². The van der Waals surface area contributed by atoms with E-state index in [4.69, 9.17) is 11.6 Å². The lowest BCUT2D eigenvalue weighted by Crippen LogP contribution is -2.17. The third kappa shape index (κ3) is 2.12. The van der Waals surface area contributed by atoms with Crippen LogP contribution in [-0.2, 0) is 0 Å². The van der Waals surface area contributed by atoms with E-state index in [0.29, 0.717) is 4.34 Å². The van der Waals surface area contributed by atoms with Crippen molar-refractivity contribution in [1.82, 2.24) is 0 Å². The molecule has 1 rings (SSSR count). The second kappa shape index (κ2) is 3.47. The van der Waals surface area contributed by atoms with E-state index in [-0.39, 0.29) is 5.24 Å². The molecule has 0 atom stereocenters. The van der Waals surface area contributed by atoms with Crippen LogP contribution in [0, 0.1) is 0 Å². The van der Waals surface area contributed by atoms with Crippen LogP contribution in [0.25, 0.3) is 0 Å². The molecule has 0 unspecified atom stereocenters. The van der Waals surface area contributed by atoms with Crippen molar-refractivity contribution in [2.24, 2.45) is 0 Å². The van der Waals surface area contributed by atoms with Gasteiger partial charge in [0.1, 0.15) is 0 Å². The van der Waals surface area contributed by atoms with Gasteiger partial charge in [-0.3, -0.25) is 9.69 Å². The summed E-state index contributed by atoms with van der Waals surface area (Å²) < 4.78 is 0.668. The van der Waals surface area contributed by atoms with Gasteiger partial charge >= 0.3 is 0 Å². The summed E-state index contributed by atoms with van der Waals surface area (Å²) in [6, 6.07) is 3.52. The lowest BCUT2D eigenvalue weighted by atomic mass is 10.6. The van der Waals surface area contributed by atoms with Crippen LogP contribution in [0.4, 0.5) is 9.80 Å². The van der Waals surface area contributed by atoms with Crippen molar-refractivity contribution < 1.29 is 4.79 Å². The first kappa shape index (κ1) is 8.90. The Hall–Kier alpha value is -0.190. The van der Waals surface area contributed by atoms with Crippen molar-refractivity contribution in [3.8, 4) is 0 Å². The Morgan fingerprint density at radius 3 is 2.73 bits per heavy atom. The number of hydrogen-bond donors (Lipinski definition) is 1. The number of anilines is 1. The van der Waals surface area contributed by atoms with E-state index in [2.05, 4.69) is 12.6 Å². The van der Waals surface area contributed by atoms with Crippen molar-refractivity contribution in [1.29, 1.82) is 0 Å². The Bertz CT molecular complexity index is 273. The number of thiol groups is 1. The van der Waals surface area contributed by atoms with Gasteiger partial charge in [0.05, 0.1) is 9.34 Å². The van der Waals surface area contributed by atoms with Gasteiger partial charge in [-0.2, -0.15) is 0 Å². The average Bonchev–Trinajstić information content (AvgIpc) is 2.34. The second-order valence-corrected chi connectivity index (χ2v) is 4.00. The van der Waals surface area contributed by atoms with Gasteiger partial charge in [-0.15, -0.1) is 11.3 Å². The van der Waals surface area contributed by atoms with Gasteiger partial charge in [-0.1, -0.05) is 24.2 Å². The molecule has 1 aromatic heterocycles. The number of nitrogens with zero attached hydrogens (tertiary/aromatic N) is 1. The maximum Gasteiger partial charge on any atom is 0.283 e. The second-order valence-electron chi connectivity index (χ2n) is 1.92. The molecule has 5 heteroatoms. The van der Waals surface area contributed by atoms with E-state index in [1.165, 1.54) is 16.2 Å². The standard InChI is InChI=1S/C6H6ClNOS2/c1-8(6(9)10)5-3-2-4(7)11-5/h2-3H,1H3,(H,9,10). The summed E-state index contributed by atoms with van der Waals surface area (Å²) in [5, 5.41) is 0.513. The molecule has 0 aliphatic rings. The molecule has 2 nitrogen and oxygen atoms in total. The average molecular weight is 208 g/mol. The molecule has 0 spiro atoms. The topological polar surface area (TPSA) is 20.3 Å². The Labute approximate surface area is 79.2 Å². The highest BCUT2D eigenvalue weighted by Crippen LogP contribution is 2.29. The van der Waals surface area contributed by atoms with E-state index in [1.54, 1.807) is 19.2 Å². The third-order valence-electron chi connectivity index (χ3n) is 1.18. The van der Waals surface area contributed by atoms with E-state index in [0.717, 1.165) is 5.00 Å². The molecular weight excluding hydrogens is 202 g/mol. The zero-order valence-corrected chi connectivity index (χ0v) is 8.21. The Balaban J connectivity index is 2.84. The first-order valence-corrected chi connectivity index (χ1v) is 4.47. The molecule has 0 aliphatic heterocycles. The summed E-state index contributed by atoms with van der Waals surface area (Å²) in [4.78, 5) is 12.1. The van der Waals surface area contributed by atoms with Gasteiger partial charge in [0, 0.05) is 7.05 Å². The molecule has 0 N–H and O–H groups in total. The van der Waals surface area contributed by atoms with Gasteiger partial charge in [-0.05, 0) is 12.1 Å². The maximum atomic E-state index is 10.7. The van der Waals surface area contributed by atoms with Gasteiger partial charge in [0.15, 0.2) is 0 Å². The highest BCUT2D eigenvalue weighted by molar-refractivity contribution is 7.97. The molecule has 0 bridgehead atoms. The van der Waals surface area contributed by atoms with E-state index < -0.39 is 0 Å². The summed E-state index contributed by atoms with van der Waals surface area (Å²) >= 11 is 10.7. The molecule has 0 radical (unpaired) electrons. The number of halogens is 1. The van der Waals surface area contributed by atoms with Gasteiger partial charge < -0.3 is 0 Å². The number of amides is 1. The van der Waals surface area contributed by atoms with Crippen LogP contribution in [0.5, 0.6) is 0 Å². The number of thiophene rings is 1. The molecule has 0 aliphatic carbocycles. The highest BCUT2D eigenvalue weighted by Gasteiger charge is 2.07. The predicted octanol–water partition coefficient (Wildman–Crippen LogP) is 2.89. The normalized spacial score (nSPS) is 9.73. The molecule has 0 aromatic carbocycles. The van der Waals surface area contributed by atoms with E-state index in [1.807, 2.05) is 0 Å². The van der Waals surface area contributed by atoms with Crippen LogP contribution < -0.4 is 4.90 Å². The molecule has 11 heavy (non-hydrogen) atoms. The van der Waals surface area contributed by atoms with Crippen molar-refractivity contribution >= 4 is 45.8 Å². The van der Waals surface area contributed by atoms with Crippen LogP contribution in [0.3, 0.4) is 0 Å². The fourth-order valence-corrected chi connectivity index (χ4v) is 1.75.